The average molecular weight is 386 g/mol. The van der Waals surface area contributed by atoms with Crippen molar-refractivity contribution in [1.29, 1.82) is 0 Å². The average Bonchev–Trinajstić information content (AvgIpc) is 3.11. The van der Waals surface area contributed by atoms with E-state index in [0.29, 0.717) is 16.6 Å². The number of para-hydroxylation sites is 2. The highest BCUT2D eigenvalue weighted by Crippen LogP contribution is 2.24. The van der Waals surface area contributed by atoms with E-state index in [-0.39, 0.29) is 29.5 Å². The molecule has 0 radical (unpaired) electrons. The molecule has 0 fully saturated rings. The van der Waals surface area contributed by atoms with E-state index < -0.39 is 4.92 Å². The molecule has 1 aromatic heterocycles. The second-order valence-corrected chi connectivity index (χ2v) is 6.37. The molecule has 1 amide bonds. The number of hydrogen-bond donors (Lipinski definition) is 2. The molecule has 0 aliphatic carbocycles. The predicted molar refractivity (Wildman–Crippen MR) is 97.9 cm³/mol. The van der Waals surface area contributed by atoms with Gasteiger partial charge in [0.25, 0.3) is 5.69 Å². The zero-order valence-corrected chi connectivity index (χ0v) is 14.7. The van der Waals surface area contributed by atoms with Crippen LogP contribution in [0.4, 0.5) is 11.4 Å². The van der Waals surface area contributed by atoms with Crippen molar-refractivity contribution in [3.63, 3.8) is 0 Å². The summed E-state index contributed by atoms with van der Waals surface area (Å²) in [6, 6.07) is 12.3. The van der Waals surface area contributed by atoms with Gasteiger partial charge in [-0.3, -0.25) is 14.9 Å². The maximum absolute atomic E-state index is 12.1. The number of nitro benzene ring substituents is 1. The molecule has 0 aliphatic heterocycles. The van der Waals surface area contributed by atoms with Gasteiger partial charge in [0.1, 0.15) is 11.4 Å². The summed E-state index contributed by atoms with van der Waals surface area (Å²) in [5, 5.41) is 34.8. The Labute approximate surface area is 157 Å². The Balaban J connectivity index is 1.58. The molecular formula is C16H14N6O4S. The number of nitrogens with zero attached hydrogens (tertiary/aromatic N) is 5. The van der Waals surface area contributed by atoms with Crippen LogP contribution in [0, 0.1) is 10.1 Å². The zero-order valence-electron chi connectivity index (χ0n) is 13.8. The lowest BCUT2D eigenvalue weighted by atomic mass is 10.2. The molecule has 3 aromatic rings. The minimum Gasteiger partial charge on any atom is -0.508 e. The van der Waals surface area contributed by atoms with E-state index >= 15 is 0 Å². The Morgan fingerprint density at radius 2 is 1.96 bits per heavy atom. The van der Waals surface area contributed by atoms with Crippen molar-refractivity contribution in [2.45, 2.75) is 11.6 Å². The first kappa shape index (κ1) is 18.3. The highest BCUT2D eigenvalue weighted by molar-refractivity contribution is 7.99. The van der Waals surface area contributed by atoms with Gasteiger partial charge in [-0.05, 0) is 40.8 Å². The molecule has 0 saturated heterocycles. The fourth-order valence-electron chi connectivity index (χ4n) is 2.21. The van der Waals surface area contributed by atoms with Gasteiger partial charge >= 0.3 is 0 Å². The topological polar surface area (TPSA) is 136 Å². The minimum absolute atomic E-state index is 0.124. The lowest BCUT2D eigenvalue weighted by molar-refractivity contribution is -0.383. The second kappa shape index (κ2) is 8.27. The van der Waals surface area contributed by atoms with Gasteiger partial charge in [0.15, 0.2) is 0 Å². The Morgan fingerprint density at radius 3 is 2.70 bits per heavy atom. The van der Waals surface area contributed by atoms with E-state index in [1.165, 1.54) is 46.8 Å². The van der Waals surface area contributed by atoms with E-state index in [2.05, 4.69) is 20.8 Å². The van der Waals surface area contributed by atoms with Crippen LogP contribution in [0.1, 0.15) is 6.42 Å². The van der Waals surface area contributed by atoms with Crippen LogP contribution < -0.4 is 5.32 Å². The van der Waals surface area contributed by atoms with Crippen LogP contribution >= 0.6 is 11.8 Å². The number of hydrogen-bond acceptors (Lipinski definition) is 8. The summed E-state index contributed by atoms with van der Waals surface area (Å²) >= 11 is 1.27. The van der Waals surface area contributed by atoms with Crippen LogP contribution in [0.25, 0.3) is 5.69 Å². The number of anilines is 1. The first-order chi connectivity index (χ1) is 13.0. The van der Waals surface area contributed by atoms with Gasteiger partial charge in [0, 0.05) is 18.2 Å². The molecular weight excluding hydrogens is 372 g/mol. The largest absolute Gasteiger partial charge is 0.508 e. The lowest BCUT2D eigenvalue weighted by Gasteiger charge is -2.06. The van der Waals surface area contributed by atoms with Crippen molar-refractivity contribution in [2.24, 2.45) is 0 Å². The van der Waals surface area contributed by atoms with Crippen molar-refractivity contribution in [3.05, 3.63) is 58.6 Å². The van der Waals surface area contributed by atoms with Crippen LogP contribution in [0.3, 0.4) is 0 Å². The van der Waals surface area contributed by atoms with E-state index in [4.69, 9.17) is 0 Å². The van der Waals surface area contributed by atoms with Crippen molar-refractivity contribution < 1.29 is 14.8 Å². The summed E-state index contributed by atoms with van der Waals surface area (Å²) in [6.45, 7) is 0. The van der Waals surface area contributed by atoms with Crippen molar-refractivity contribution in [2.75, 3.05) is 11.1 Å². The Morgan fingerprint density at radius 1 is 1.22 bits per heavy atom. The van der Waals surface area contributed by atoms with Crippen molar-refractivity contribution in [1.82, 2.24) is 20.2 Å². The van der Waals surface area contributed by atoms with Crippen LogP contribution in [0.5, 0.6) is 5.75 Å². The SMILES string of the molecule is O=C(CCSc1nnnn1-c1ccc(O)cc1)Nc1ccccc1[N+](=O)[O-]. The summed E-state index contributed by atoms with van der Waals surface area (Å²) < 4.78 is 1.49. The number of phenolic OH excluding ortho intramolecular Hbond substituents is 1. The highest BCUT2D eigenvalue weighted by Gasteiger charge is 2.15. The van der Waals surface area contributed by atoms with Crippen LogP contribution in [-0.4, -0.2) is 41.9 Å². The number of nitrogens with one attached hydrogen (secondary N) is 1. The van der Waals surface area contributed by atoms with Gasteiger partial charge in [-0.15, -0.1) is 5.10 Å². The fourth-order valence-corrected chi connectivity index (χ4v) is 3.04. The van der Waals surface area contributed by atoms with Gasteiger partial charge < -0.3 is 10.4 Å². The monoisotopic (exact) mass is 386 g/mol. The van der Waals surface area contributed by atoms with E-state index in [1.54, 1.807) is 18.2 Å². The number of thioether (sulfide) groups is 1. The number of aromatic hydroxyl groups is 1. The number of carbonyl (C=O) groups is 1. The van der Waals surface area contributed by atoms with Gasteiger partial charge in [0.2, 0.25) is 11.1 Å². The predicted octanol–water partition coefficient (Wildman–Crippen LogP) is 2.40. The molecule has 0 unspecified atom stereocenters. The fraction of sp³-hybridized carbons (Fsp3) is 0.125. The minimum atomic E-state index is -0.545. The van der Waals surface area contributed by atoms with Gasteiger partial charge in [0.05, 0.1) is 10.6 Å². The summed E-state index contributed by atoms with van der Waals surface area (Å²) in [4.78, 5) is 22.5. The highest BCUT2D eigenvalue weighted by atomic mass is 32.2. The lowest BCUT2D eigenvalue weighted by Crippen LogP contribution is -2.13. The Kier molecular flexibility index (Phi) is 5.61. The molecule has 2 N–H and O–H groups in total. The van der Waals surface area contributed by atoms with Crippen LogP contribution in [0.15, 0.2) is 53.7 Å². The molecule has 10 nitrogen and oxygen atoms in total. The first-order valence-corrected chi connectivity index (χ1v) is 8.77. The van der Waals surface area contributed by atoms with Crippen molar-refractivity contribution in [3.8, 4) is 11.4 Å². The number of rotatable bonds is 7. The summed E-state index contributed by atoms with van der Waals surface area (Å²) in [7, 11) is 0. The molecule has 27 heavy (non-hydrogen) atoms. The maximum Gasteiger partial charge on any atom is 0.292 e. The van der Waals surface area contributed by atoms with E-state index in [0.717, 1.165) is 0 Å². The smallest absolute Gasteiger partial charge is 0.292 e. The molecule has 0 spiro atoms. The molecule has 11 heteroatoms. The molecule has 0 bridgehead atoms. The molecule has 2 aromatic carbocycles. The third-order valence-corrected chi connectivity index (χ3v) is 4.39. The molecule has 1 heterocycles. The molecule has 3 rings (SSSR count). The third kappa shape index (κ3) is 4.58. The van der Waals surface area contributed by atoms with Crippen molar-refractivity contribution >= 4 is 29.0 Å². The molecule has 0 saturated carbocycles. The van der Waals surface area contributed by atoms with E-state index in [1.807, 2.05) is 0 Å². The third-order valence-electron chi connectivity index (χ3n) is 3.47. The van der Waals surface area contributed by atoms with Crippen LogP contribution in [-0.2, 0) is 4.79 Å². The number of benzene rings is 2. The maximum atomic E-state index is 12.1. The summed E-state index contributed by atoms with van der Waals surface area (Å²) in [5.41, 5.74) is 0.672. The Hall–Kier alpha value is -3.47. The quantitative estimate of drug-likeness (QED) is 0.359. The Bertz CT molecular complexity index is 960. The summed E-state index contributed by atoms with van der Waals surface area (Å²) in [6.07, 6.45) is 0.124. The summed E-state index contributed by atoms with van der Waals surface area (Å²) in [5.74, 6) is 0.165. The number of amides is 1. The number of nitro groups is 1. The first-order valence-electron chi connectivity index (χ1n) is 7.78. The number of aromatic nitrogens is 4. The van der Waals surface area contributed by atoms with Crippen LogP contribution in [0.2, 0.25) is 0 Å². The number of phenols is 1. The standard InChI is InChI=1S/C16H14N6O4S/c23-12-7-5-11(6-8-12)21-16(18-19-20-21)27-10-9-15(24)17-13-3-1-2-4-14(13)22(25)26/h1-8,23H,9-10H2,(H,17,24). The van der Waals surface area contributed by atoms with Gasteiger partial charge in [-0.2, -0.15) is 4.68 Å². The molecule has 0 aliphatic rings. The van der Waals surface area contributed by atoms with Gasteiger partial charge in [-0.25, -0.2) is 0 Å². The van der Waals surface area contributed by atoms with E-state index in [9.17, 15) is 20.0 Å². The zero-order chi connectivity index (χ0) is 19.2. The molecule has 138 valence electrons. The van der Waals surface area contributed by atoms with Gasteiger partial charge in [-0.1, -0.05) is 23.9 Å². The number of tetrazole rings is 1. The normalized spacial score (nSPS) is 10.5. The molecule has 0 atom stereocenters. The second-order valence-electron chi connectivity index (χ2n) is 5.31. The number of carbonyl (C=O) groups excluding carboxylic acids is 1.